The first-order chi connectivity index (χ1) is 7.92. The van der Waals surface area contributed by atoms with Crippen LogP contribution in [0.5, 0.6) is 0 Å². The molecular formula is C10H15N5O2. The van der Waals surface area contributed by atoms with Gasteiger partial charge in [-0.15, -0.1) is 17.4 Å². The summed E-state index contributed by atoms with van der Waals surface area (Å²) in [5.74, 6) is 2.84. The van der Waals surface area contributed by atoms with Crippen LogP contribution in [0.3, 0.4) is 0 Å². The number of amides is 1. The van der Waals surface area contributed by atoms with Crippen molar-refractivity contribution >= 4 is 6.09 Å². The van der Waals surface area contributed by atoms with Gasteiger partial charge in [-0.05, 0) is 31.2 Å². The van der Waals surface area contributed by atoms with Gasteiger partial charge >= 0.3 is 6.09 Å². The standard InChI is InChI=1S/C10H15N5O2/c1-5-6-7(8-12-14-15-13-8)11-9(16)17-10(2,3)4/h1,7H,6H2,2-4H3,(H,11,16)(H,12,13,14,15). The third-order valence-electron chi connectivity index (χ3n) is 1.70. The Bertz CT molecular complexity index is 401. The van der Waals surface area contributed by atoms with Crippen LogP contribution >= 0.6 is 0 Å². The Hall–Kier alpha value is -2.10. The fourth-order valence-electron chi connectivity index (χ4n) is 1.10. The highest BCUT2D eigenvalue weighted by atomic mass is 16.6. The number of hydrogen-bond acceptors (Lipinski definition) is 5. The highest BCUT2D eigenvalue weighted by molar-refractivity contribution is 5.68. The third-order valence-corrected chi connectivity index (χ3v) is 1.70. The number of H-pyrrole nitrogens is 1. The number of carbonyl (C=O) groups is 1. The predicted molar refractivity (Wildman–Crippen MR) is 59.7 cm³/mol. The SMILES string of the molecule is C#CCC(NC(=O)OC(C)(C)C)c1nnn[nH]1. The van der Waals surface area contributed by atoms with Crippen LogP contribution in [0, 0.1) is 12.3 Å². The Kier molecular flexibility index (Phi) is 4.04. The number of terminal acetylenes is 1. The highest BCUT2D eigenvalue weighted by Crippen LogP contribution is 2.12. The lowest BCUT2D eigenvalue weighted by Crippen LogP contribution is -2.35. The summed E-state index contributed by atoms with van der Waals surface area (Å²) in [6.07, 6.45) is 4.93. The van der Waals surface area contributed by atoms with Crippen LogP contribution in [0.15, 0.2) is 0 Å². The Morgan fingerprint density at radius 1 is 1.65 bits per heavy atom. The molecule has 1 aromatic rings. The van der Waals surface area contributed by atoms with Gasteiger partial charge in [-0.25, -0.2) is 9.89 Å². The lowest BCUT2D eigenvalue weighted by atomic mass is 10.2. The summed E-state index contributed by atoms with van der Waals surface area (Å²) in [6.45, 7) is 5.33. The first-order valence-corrected chi connectivity index (χ1v) is 5.09. The molecule has 1 aromatic heterocycles. The molecule has 7 nitrogen and oxygen atoms in total. The number of alkyl carbamates (subject to hydrolysis) is 1. The van der Waals surface area contributed by atoms with Crippen LogP contribution in [0.2, 0.25) is 0 Å². The molecular weight excluding hydrogens is 222 g/mol. The molecule has 0 saturated carbocycles. The van der Waals surface area contributed by atoms with Crippen LogP contribution in [-0.4, -0.2) is 32.3 Å². The van der Waals surface area contributed by atoms with Crippen molar-refractivity contribution in [1.29, 1.82) is 0 Å². The normalized spacial score (nSPS) is 12.6. The van der Waals surface area contributed by atoms with Gasteiger partial charge in [0.2, 0.25) is 0 Å². The molecule has 1 rings (SSSR count). The van der Waals surface area contributed by atoms with E-state index in [1.54, 1.807) is 20.8 Å². The van der Waals surface area contributed by atoms with Gasteiger partial charge in [-0.1, -0.05) is 0 Å². The maximum Gasteiger partial charge on any atom is 0.408 e. The first-order valence-electron chi connectivity index (χ1n) is 5.09. The summed E-state index contributed by atoms with van der Waals surface area (Å²) in [5.41, 5.74) is -0.565. The number of tetrazole rings is 1. The zero-order valence-electron chi connectivity index (χ0n) is 10.0. The molecule has 0 fully saturated rings. The van der Waals surface area contributed by atoms with Crippen molar-refractivity contribution in [3.63, 3.8) is 0 Å². The molecule has 1 atom stereocenters. The van der Waals surface area contributed by atoms with Crippen molar-refractivity contribution in [2.24, 2.45) is 0 Å². The molecule has 1 heterocycles. The minimum absolute atomic E-state index is 0.274. The van der Waals surface area contributed by atoms with E-state index in [4.69, 9.17) is 11.2 Å². The average Bonchev–Trinajstić information content (AvgIpc) is 2.66. The Balaban J connectivity index is 2.63. The van der Waals surface area contributed by atoms with Gasteiger partial charge in [0.25, 0.3) is 0 Å². The highest BCUT2D eigenvalue weighted by Gasteiger charge is 2.21. The second-order valence-electron chi connectivity index (χ2n) is 4.39. The summed E-state index contributed by atoms with van der Waals surface area (Å²) in [7, 11) is 0. The van der Waals surface area contributed by atoms with E-state index in [0.717, 1.165) is 0 Å². The fraction of sp³-hybridized carbons (Fsp3) is 0.600. The zero-order chi connectivity index (χ0) is 12.9. The summed E-state index contributed by atoms with van der Waals surface area (Å²) in [5, 5.41) is 15.7. The molecule has 0 aliphatic rings. The van der Waals surface area contributed by atoms with Crippen molar-refractivity contribution in [2.45, 2.75) is 38.8 Å². The lowest BCUT2D eigenvalue weighted by molar-refractivity contribution is 0.0502. The lowest BCUT2D eigenvalue weighted by Gasteiger charge is -2.21. The number of nitrogens with zero attached hydrogens (tertiary/aromatic N) is 3. The monoisotopic (exact) mass is 237 g/mol. The first kappa shape index (κ1) is 13.0. The molecule has 0 radical (unpaired) electrons. The molecule has 0 bridgehead atoms. The van der Waals surface area contributed by atoms with E-state index in [9.17, 15) is 4.79 Å². The van der Waals surface area contributed by atoms with Crippen LogP contribution in [0.4, 0.5) is 4.79 Å². The van der Waals surface area contributed by atoms with E-state index >= 15 is 0 Å². The van der Waals surface area contributed by atoms with Crippen LogP contribution < -0.4 is 5.32 Å². The number of hydrogen-bond donors (Lipinski definition) is 2. The van der Waals surface area contributed by atoms with Gasteiger partial charge in [-0.3, -0.25) is 0 Å². The van der Waals surface area contributed by atoms with Crippen molar-refractivity contribution in [1.82, 2.24) is 25.9 Å². The average molecular weight is 237 g/mol. The van der Waals surface area contributed by atoms with E-state index in [1.165, 1.54) is 0 Å². The van der Waals surface area contributed by atoms with E-state index in [2.05, 4.69) is 31.9 Å². The van der Waals surface area contributed by atoms with Gasteiger partial charge in [0.15, 0.2) is 5.82 Å². The van der Waals surface area contributed by atoms with Crippen molar-refractivity contribution < 1.29 is 9.53 Å². The molecule has 1 unspecified atom stereocenters. The molecule has 0 aliphatic heterocycles. The number of nitrogens with one attached hydrogen (secondary N) is 2. The Morgan fingerprint density at radius 2 is 2.35 bits per heavy atom. The smallest absolute Gasteiger partial charge is 0.408 e. The van der Waals surface area contributed by atoms with E-state index < -0.39 is 17.7 Å². The molecule has 0 spiro atoms. The topological polar surface area (TPSA) is 92.8 Å². The van der Waals surface area contributed by atoms with E-state index in [-0.39, 0.29) is 6.42 Å². The second kappa shape index (κ2) is 5.30. The zero-order valence-corrected chi connectivity index (χ0v) is 10.0. The Morgan fingerprint density at radius 3 is 2.82 bits per heavy atom. The largest absolute Gasteiger partial charge is 0.444 e. The summed E-state index contributed by atoms with van der Waals surface area (Å²) >= 11 is 0. The summed E-state index contributed by atoms with van der Waals surface area (Å²) in [6, 6.07) is -0.482. The van der Waals surface area contributed by atoms with Crippen LogP contribution in [0.1, 0.15) is 39.1 Å². The Labute approximate surface area is 99.3 Å². The van der Waals surface area contributed by atoms with E-state index in [1.807, 2.05) is 0 Å². The van der Waals surface area contributed by atoms with Crippen molar-refractivity contribution in [3.05, 3.63) is 5.82 Å². The summed E-state index contributed by atoms with van der Waals surface area (Å²) < 4.78 is 5.11. The van der Waals surface area contributed by atoms with Gasteiger partial charge in [0, 0.05) is 6.42 Å². The van der Waals surface area contributed by atoms with E-state index in [0.29, 0.717) is 5.82 Å². The maximum atomic E-state index is 11.6. The predicted octanol–water partition coefficient (Wildman–Crippen LogP) is 0.789. The fourth-order valence-corrected chi connectivity index (χ4v) is 1.10. The minimum atomic E-state index is -0.565. The maximum absolute atomic E-state index is 11.6. The molecule has 17 heavy (non-hydrogen) atoms. The molecule has 0 saturated heterocycles. The number of rotatable bonds is 3. The van der Waals surface area contributed by atoms with Gasteiger partial charge in [-0.2, -0.15) is 0 Å². The number of aromatic amines is 1. The van der Waals surface area contributed by atoms with Gasteiger partial charge < -0.3 is 10.1 Å². The molecule has 2 N–H and O–H groups in total. The van der Waals surface area contributed by atoms with Crippen molar-refractivity contribution in [2.75, 3.05) is 0 Å². The number of carbonyl (C=O) groups excluding carboxylic acids is 1. The molecule has 1 amide bonds. The minimum Gasteiger partial charge on any atom is -0.444 e. The van der Waals surface area contributed by atoms with Gasteiger partial charge in [0.1, 0.15) is 11.6 Å². The van der Waals surface area contributed by atoms with Crippen LogP contribution in [-0.2, 0) is 4.74 Å². The van der Waals surface area contributed by atoms with Crippen molar-refractivity contribution in [3.8, 4) is 12.3 Å². The van der Waals surface area contributed by atoms with Crippen LogP contribution in [0.25, 0.3) is 0 Å². The number of aromatic nitrogens is 4. The van der Waals surface area contributed by atoms with Gasteiger partial charge in [0.05, 0.1) is 0 Å². The third kappa shape index (κ3) is 4.51. The second-order valence-corrected chi connectivity index (χ2v) is 4.39. The number of ether oxygens (including phenoxy) is 1. The molecule has 0 aliphatic carbocycles. The molecule has 92 valence electrons. The molecule has 7 heteroatoms. The quantitative estimate of drug-likeness (QED) is 0.758. The summed E-state index contributed by atoms with van der Waals surface area (Å²) in [4.78, 5) is 11.6. The molecule has 0 aromatic carbocycles.